The van der Waals surface area contributed by atoms with Crippen molar-refractivity contribution in [3.63, 3.8) is 0 Å². The minimum atomic E-state index is 0.582. The van der Waals surface area contributed by atoms with Gasteiger partial charge in [0.1, 0.15) is 16.7 Å². The maximum atomic E-state index is 6.48. The number of hydrogen-bond acceptors (Lipinski definition) is 6. The smallest absolute Gasteiger partial charge is 0.227 e. The lowest BCUT2D eigenvalue weighted by molar-refractivity contribution is 0.623. The van der Waals surface area contributed by atoms with Crippen LogP contribution >= 0.6 is 0 Å². The summed E-state index contributed by atoms with van der Waals surface area (Å²) in [5.74, 6) is 2.37. The Kier molecular flexibility index (Phi) is 5.77. The average molecular weight is 617 g/mol. The molecule has 0 aliphatic heterocycles. The number of aromatic nitrogens is 4. The van der Waals surface area contributed by atoms with Gasteiger partial charge in [0.25, 0.3) is 0 Å². The van der Waals surface area contributed by atoms with Crippen LogP contribution in [0.2, 0.25) is 0 Å². The van der Waals surface area contributed by atoms with Crippen LogP contribution in [-0.2, 0) is 0 Å². The molecular weight excluding hydrogens is 592 g/mol. The SMILES string of the molecule is c1ccc(-c2nc(-c3cc4ccc5nc(-c6ccccc6)oc5c4c4ccccc34)nc(-c3cccc4oc5ccccc5c34)n2)cc1. The molecule has 0 amide bonds. The number of benzene rings is 7. The predicted molar refractivity (Wildman–Crippen MR) is 191 cm³/mol. The first kappa shape index (κ1) is 26.5. The van der Waals surface area contributed by atoms with Crippen molar-refractivity contribution in [2.75, 3.05) is 0 Å². The molecule has 0 unspecified atom stereocenters. The van der Waals surface area contributed by atoms with Gasteiger partial charge in [-0.2, -0.15) is 0 Å². The number of furan rings is 1. The Morgan fingerprint density at radius 1 is 0.396 bits per heavy atom. The second-order valence-corrected chi connectivity index (χ2v) is 11.8. The quantitative estimate of drug-likeness (QED) is 0.183. The van der Waals surface area contributed by atoms with Gasteiger partial charge in [0, 0.05) is 38.4 Å². The van der Waals surface area contributed by atoms with E-state index >= 15 is 0 Å². The van der Waals surface area contributed by atoms with Crippen molar-refractivity contribution in [1.29, 1.82) is 0 Å². The first-order chi connectivity index (χ1) is 23.8. The summed E-state index contributed by atoms with van der Waals surface area (Å²) in [5, 5.41) is 6.07. The number of oxazole rings is 1. The van der Waals surface area contributed by atoms with Gasteiger partial charge in [-0.05, 0) is 52.6 Å². The highest BCUT2D eigenvalue weighted by Crippen LogP contribution is 2.41. The van der Waals surface area contributed by atoms with E-state index in [0.717, 1.165) is 76.8 Å². The minimum absolute atomic E-state index is 0.582. The molecule has 10 rings (SSSR count). The largest absolute Gasteiger partial charge is 0.456 e. The molecule has 3 aromatic heterocycles. The van der Waals surface area contributed by atoms with Gasteiger partial charge >= 0.3 is 0 Å². The zero-order valence-corrected chi connectivity index (χ0v) is 25.5. The molecule has 224 valence electrons. The van der Waals surface area contributed by atoms with Crippen LogP contribution < -0.4 is 0 Å². The number of hydrogen-bond donors (Lipinski definition) is 0. The van der Waals surface area contributed by atoms with Gasteiger partial charge in [-0.3, -0.25) is 0 Å². The molecule has 3 heterocycles. The monoisotopic (exact) mass is 616 g/mol. The molecule has 10 aromatic rings. The number of nitrogens with zero attached hydrogens (tertiary/aromatic N) is 4. The Bertz CT molecular complexity index is 2840. The lowest BCUT2D eigenvalue weighted by Crippen LogP contribution is -2.01. The molecule has 0 aliphatic carbocycles. The second-order valence-electron chi connectivity index (χ2n) is 11.8. The molecule has 0 N–H and O–H groups in total. The molecule has 0 radical (unpaired) electrons. The highest BCUT2D eigenvalue weighted by molar-refractivity contribution is 6.21. The van der Waals surface area contributed by atoms with Crippen LogP contribution in [0.15, 0.2) is 154 Å². The summed E-state index contributed by atoms with van der Waals surface area (Å²) in [4.78, 5) is 20.2. The van der Waals surface area contributed by atoms with Crippen molar-refractivity contribution in [3.05, 3.63) is 146 Å². The molecule has 0 spiro atoms. The van der Waals surface area contributed by atoms with Crippen LogP contribution in [0.4, 0.5) is 0 Å². The maximum Gasteiger partial charge on any atom is 0.227 e. The molecule has 0 atom stereocenters. The molecular formula is C42H24N4O2. The Labute approximate surface area is 274 Å². The van der Waals surface area contributed by atoms with Crippen molar-refractivity contribution in [1.82, 2.24) is 19.9 Å². The van der Waals surface area contributed by atoms with Gasteiger partial charge in [0.05, 0.1) is 0 Å². The second kappa shape index (κ2) is 10.4. The first-order valence-electron chi connectivity index (χ1n) is 15.8. The predicted octanol–water partition coefficient (Wildman–Crippen LogP) is 10.9. The fourth-order valence-corrected chi connectivity index (χ4v) is 6.76. The third-order valence-electron chi connectivity index (χ3n) is 8.95. The Morgan fingerprint density at radius 3 is 1.85 bits per heavy atom. The molecule has 6 heteroatoms. The standard InChI is InChI=1S/C42H24N4O2/c1-3-12-25(13-4-1)39-44-40(31-19-11-21-35-37(31)30-18-9-10-20-34(30)47-35)46-41(45-39)32-24-27-22-23-33-38(36(27)29-17-8-7-16-28(29)32)48-42(43-33)26-14-5-2-6-15-26/h1-24H. The van der Waals surface area contributed by atoms with E-state index in [4.69, 9.17) is 28.8 Å². The van der Waals surface area contributed by atoms with Crippen molar-refractivity contribution >= 4 is 54.6 Å². The van der Waals surface area contributed by atoms with E-state index in [2.05, 4.69) is 42.5 Å². The van der Waals surface area contributed by atoms with Crippen LogP contribution in [0.5, 0.6) is 0 Å². The number of para-hydroxylation sites is 1. The van der Waals surface area contributed by atoms with Gasteiger partial charge in [0.2, 0.25) is 5.89 Å². The molecule has 48 heavy (non-hydrogen) atoms. The van der Waals surface area contributed by atoms with Crippen LogP contribution in [0, 0.1) is 0 Å². The topological polar surface area (TPSA) is 77.8 Å². The average Bonchev–Trinajstić information content (AvgIpc) is 3.77. The number of fused-ring (bicyclic) bond motifs is 8. The summed E-state index contributed by atoms with van der Waals surface area (Å²) in [6.07, 6.45) is 0. The summed E-state index contributed by atoms with van der Waals surface area (Å²) in [6, 6.07) is 48.8. The Hall–Kier alpha value is -6.66. The van der Waals surface area contributed by atoms with E-state index in [1.165, 1.54) is 0 Å². The zero-order valence-electron chi connectivity index (χ0n) is 25.5. The zero-order chi connectivity index (χ0) is 31.6. The van der Waals surface area contributed by atoms with E-state index in [-0.39, 0.29) is 0 Å². The first-order valence-corrected chi connectivity index (χ1v) is 15.8. The van der Waals surface area contributed by atoms with E-state index in [1.54, 1.807) is 0 Å². The summed E-state index contributed by atoms with van der Waals surface area (Å²) in [5.41, 5.74) is 6.84. The van der Waals surface area contributed by atoms with Crippen molar-refractivity contribution < 1.29 is 8.83 Å². The molecule has 0 saturated carbocycles. The molecule has 0 bridgehead atoms. The summed E-state index contributed by atoms with van der Waals surface area (Å²) < 4.78 is 12.7. The highest BCUT2D eigenvalue weighted by atomic mass is 16.3. The maximum absolute atomic E-state index is 6.48. The van der Waals surface area contributed by atoms with Gasteiger partial charge in [-0.15, -0.1) is 0 Å². The summed E-state index contributed by atoms with van der Waals surface area (Å²) in [7, 11) is 0. The minimum Gasteiger partial charge on any atom is -0.456 e. The molecule has 0 fully saturated rings. The lowest BCUT2D eigenvalue weighted by atomic mass is 9.96. The molecule has 7 aromatic carbocycles. The fraction of sp³-hybridized carbons (Fsp3) is 0. The fourth-order valence-electron chi connectivity index (χ4n) is 6.76. The lowest BCUT2D eigenvalue weighted by Gasteiger charge is -2.13. The van der Waals surface area contributed by atoms with Crippen molar-refractivity contribution in [2.45, 2.75) is 0 Å². The van der Waals surface area contributed by atoms with Crippen LogP contribution in [0.25, 0.3) is 100 Å². The third-order valence-corrected chi connectivity index (χ3v) is 8.95. The number of rotatable bonds is 4. The molecule has 0 saturated heterocycles. The Balaban J connectivity index is 1.25. The van der Waals surface area contributed by atoms with Gasteiger partial charge in [-0.1, -0.05) is 109 Å². The van der Waals surface area contributed by atoms with E-state index in [9.17, 15) is 0 Å². The van der Waals surface area contributed by atoms with E-state index < -0.39 is 0 Å². The summed E-state index contributed by atoms with van der Waals surface area (Å²) in [6.45, 7) is 0. The van der Waals surface area contributed by atoms with Gasteiger partial charge in [0.15, 0.2) is 23.1 Å². The molecule has 6 nitrogen and oxygen atoms in total. The van der Waals surface area contributed by atoms with Crippen LogP contribution in [0.1, 0.15) is 0 Å². The van der Waals surface area contributed by atoms with E-state index in [0.29, 0.717) is 23.4 Å². The van der Waals surface area contributed by atoms with Gasteiger partial charge < -0.3 is 8.83 Å². The van der Waals surface area contributed by atoms with Crippen LogP contribution in [0.3, 0.4) is 0 Å². The third kappa shape index (κ3) is 4.13. The van der Waals surface area contributed by atoms with E-state index in [1.807, 2.05) is 103 Å². The summed E-state index contributed by atoms with van der Waals surface area (Å²) >= 11 is 0. The van der Waals surface area contributed by atoms with Gasteiger partial charge in [-0.25, -0.2) is 19.9 Å². The van der Waals surface area contributed by atoms with Crippen LogP contribution in [-0.4, -0.2) is 19.9 Å². The van der Waals surface area contributed by atoms with Crippen molar-refractivity contribution in [3.8, 4) is 45.6 Å². The highest BCUT2D eigenvalue weighted by Gasteiger charge is 2.21. The van der Waals surface area contributed by atoms with Crippen molar-refractivity contribution in [2.24, 2.45) is 0 Å². The normalized spacial score (nSPS) is 11.8. The molecule has 0 aliphatic rings. The Morgan fingerprint density at radius 2 is 1.04 bits per heavy atom.